The van der Waals surface area contributed by atoms with Crippen molar-refractivity contribution in [2.24, 2.45) is 17.3 Å². The van der Waals surface area contributed by atoms with Crippen LogP contribution in [0.5, 0.6) is 0 Å². The van der Waals surface area contributed by atoms with E-state index in [0.29, 0.717) is 30.7 Å². The van der Waals surface area contributed by atoms with E-state index >= 15 is 0 Å². The van der Waals surface area contributed by atoms with Gasteiger partial charge in [0, 0.05) is 5.92 Å². The van der Waals surface area contributed by atoms with Gasteiger partial charge in [0.25, 0.3) is 0 Å². The topological polar surface area (TPSA) is 62.4 Å². The smallest absolute Gasteiger partial charge is 0.310 e. The monoisotopic (exact) mass is 278 g/mol. The van der Waals surface area contributed by atoms with Gasteiger partial charge in [0.2, 0.25) is 0 Å². The van der Waals surface area contributed by atoms with Crippen LogP contribution in [0, 0.1) is 17.3 Å². The van der Waals surface area contributed by atoms with E-state index in [1.807, 2.05) is 0 Å². The highest BCUT2D eigenvalue weighted by Gasteiger charge is 2.64. The summed E-state index contributed by atoms with van der Waals surface area (Å²) >= 11 is 0. The van der Waals surface area contributed by atoms with Crippen LogP contribution >= 0.6 is 0 Å². The van der Waals surface area contributed by atoms with Crippen molar-refractivity contribution >= 4 is 5.97 Å². The molecule has 0 amide bonds. The number of hydrogen-bond acceptors (Lipinski definition) is 3. The van der Waals surface area contributed by atoms with Crippen molar-refractivity contribution in [1.29, 1.82) is 0 Å². The molecule has 2 heterocycles. The zero-order chi connectivity index (χ0) is 13.9. The molecule has 2 aliphatic carbocycles. The minimum absolute atomic E-state index is 0.141. The van der Waals surface area contributed by atoms with E-state index in [4.69, 9.17) is 9.47 Å². The zero-order valence-electron chi connectivity index (χ0n) is 11.7. The molecule has 0 spiro atoms. The van der Waals surface area contributed by atoms with Gasteiger partial charge in [-0.15, -0.1) is 6.58 Å². The fraction of sp³-hybridized carbons (Fsp3) is 0.812. The number of fused-ring (bicyclic) bond motifs is 2. The van der Waals surface area contributed by atoms with Gasteiger partial charge in [0.15, 0.2) is 0 Å². The van der Waals surface area contributed by atoms with Gasteiger partial charge in [-0.25, -0.2) is 0 Å². The van der Waals surface area contributed by atoms with E-state index in [1.54, 1.807) is 6.08 Å². The summed E-state index contributed by atoms with van der Waals surface area (Å²) in [5.41, 5.74) is -0.661. The molecule has 20 heavy (non-hydrogen) atoms. The summed E-state index contributed by atoms with van der Waals surface area (Å²) in [4.78, 5) is 12.0. The normalized spacial score (nSPS) is 52.6. The van der Waals surface area contributed by atoms with E-state index in [-0.39, 0.29) is 12.0 Å². The highest BCUT2D eigenvalue weighted by atomic mass is 16.6. The highest BCUT2D eigenvalue weighted by molar-refractivity contribution is 5.76. The van der Waals surface area contributed by atoms with Crippen LogP contribution in [0.3, 0.4) is 0 Å². The van der Waals surface area contributed by atoms with Crippen LogP contribution in [0.1, 0.15) is 38.5 Å². The van der Waals surface area contributed by atoms with Crippen molar-refractivity contribution in [3.8, 4) is 0 Å². The Balaban J connectivity index is 1.64. The first-order valence-electron chi connectivity index (χ1n) is 7.81. The molecule has 2 aliphatic heterocycles. The van der Waals surface area contributed by atoms with Crippen molar-refractivity contribution in [2.75, 3.05) is 0 Å². The maximum absolute atomic E-state index is 12.0. The molecule has 2 saturated carbocycles. The Hall–Kier alpha value is -0.870. The second kappa shape index (κ2) is 4.31. The molecule has 0 aromatic heterocycles. The van der Waals surface area contributed by atoms with Gasteiger partial charge in [0.05, 0.1) is 29.8 Å². The SMILES string of the molecule is C=CCC1(C(=O)O)CCC2OC2C1C1CCC2OC2C1. The van der Waals surface area contributed by atoms with Crippen LogP contribution in [0.4, 0.5) is 0 Å². The maximum Gasteiger partial charge on any atom is 0.310 e. The molecule has 4 rings (SSSR count). The third-order valence-electron chi connectivity index (χ3n) is 5.98. The molecular weight excluding hydrogens is 256 g/mol. The standard InChI is InChI=1S/C16H22O4/c1-2-6-16(15(17)18)7-5-11-14(20-11)13(16)9-3-4-10-12(8-9)19-10/h2,9-14H,1,3-8H2,(H,17,18). The summed E-state index contributed by atoms with van der Waals surface area (Å²) in [5, 5.41) is 9.90. The third kappa shape index (κ3) is 1.77. The van der Waals surface area contributed by atoms with Crippen LogP contribution in [0.25, 0.3) is 0 Å². The lowest BCUT2D eigenvalue weighted by molar-refractivity contribution is -0.157. The lowest BCUT2D eigenvalue weighted by Gasteiger charge is -2.43. The number of ether oxygens (including phenoxy) is 2. The predicted octanol–water partition coefficient (Wildman–Crippen LogP) is 2.38. The summed E-state index contributed by atoms with van der Waals surface area (Å²) in [5.74, 6) is -0.0813. The molecule has 7 unspecified atom stereocenters. The summed E-state index contributed by atoms with van der Waals surface area (Å²) in [6, 6.07) is 0. The number of carboxylic acids is 1. The molecule has 0 radical (unpaired) electrons. The molecule has 2 saturated heterocycles. The molecule has 7 atom stereocenters. The first-order valence-corrected chi connectivity index (χ1v) is 7.81. The van der Waals surface area contributed by atoms with Crippen LogP contribution in [0.15, 0.2) is 12.7 Å². The van der Waals surface area contributed by atoms with Gasteiger partial charge in [-0.05, 0) is 44.4 Å². The molecule has 4 aliphatic rings. The number of epoxide rings is 2. The minimum atomic E-state index is -0.661. The number of hydrogen-bond donors (Lipinski definition) is 1. The van der Waals surface area contributed by atoms with Crippen LogP contribution < -0.4 is 0 Å². The molecule has 0 aromatic carbocycles. The van der Waals surface area contributed by atoms with Gasteiger partial charge < -0.3 is 14.6 Å². The molecular formula is C16H22O4. The number of aliphatic carboxylic acids is 1. The molecule has 0 aromatic rings. The summed E-state index contributed by atoms with van der Waals surface area (Å²) in [6.45, 7) is 3.79. The Morgan fingerprint density at radius 3 is 2.80 bits per heavy atom. The Kier molecular flexibility index (Phi) is 2.77. The average Bonchev–Trinajstić information content (AvgIpc) is 3.31. The number of carboxylic acid groups (broad SMARTS) is 1. The molecule has 4 fully saturated rings. The molecule has 0 bridgehead atoms. The lowest BCUT2D eigenvalue weighted by Crippen LogP contribution is -2.48. The van der Waals surface area contributed by atoms with E-state index in [9.17, 15) is 9.90 Å². The number of allylic oxidation sites excluding steroid dienone is 1. The van der Waals surface area contributed by atoms with E-state index in [0.717, 1.165) is 32.1 Å². The molecule has 4 nitrogen and oxygen atoms in total. The largest absolute Gasteiger partial charge is 0.481 e. The Labute approximate surface area is 119 Å². The van der Waals surface area contributed by atoms with E-state index in [1.165, 1.54) is 0 Å². The second-order valence-corrected chi connectivity index (χ2v) is 6.94. The third-order valence-corrected chi connectivity index (χ3v) is 5.98. The highest BCUT2D eigenvalue weighted by Crippen LogP contribution is 2.59. The average molecular weight is 278 g/mol. The van der Waals surface area contributed by atoms with E-state index < -0.39 is 11.4 Å². The number of rotatable bonds is 4. The van der Waals surface area contributed by atoms with Crippen molar-refractivity contribution in [2.45, 2.75) is 62.9 Å². The molecule has 1 N–H and O–H groups in total. The van der Waals surface area contributed by atoms with Crippen LogP contribution in [-0.2, 0) is 14.3 Å². The van der Waals surface area contributed by atoms with Gasteiger partial charge in [-0.3, -0.25) is 4.79 Å². The zero-order valence-corrected chi connectivity index (χ0v) is 11.7. The maximum atomic E-state index is 12.0. The fourth-order valence-electron chi connectivity index (χ4n) is 4.90. The second-order valence-electron chi connectivity index (χ2n) is 6.94. The van der Waals surface area contributed by atoms with Crippen molar-refractivity contribution < 1.29 is 19.4 Å². The van der Waals surface area contributed by atoms with Crippen molar-refractivity contribution in [3.63, 3.8) is 0 Å². The number of carbonyl (C=O) groups is 1. The van der Waals surface area contributed by atoms with Crippen LogP contribution in [-0.4, -0.2) is 35.5 Å². The quantitative estimate of drug-likeness (QED) is 0.633. The van der Waals surface area contributed by atoms with Gasteiger partial charge in [-0.2, -0.15) is 0 Å². The first-order chi connectivity index (χ1) is 9.65. The molecule has 110 valence electrons. The van der Waals surface area contributed by atoms with Gasteiger partial charge >= 0.3 is 5.97 Å². The van der Waals surface area contributed by atoms with Crippen molar-refractivity contribution in [1.82, 2.24) is 0 Å². The Morgan fingerprint density at radius 1 is 1.25 bits per heavy atom. The lowest BCUT2D eigenvalue weighted by atomic mass is 9.58. The van der Waals surface area contributed by atoms with E-state index in [2.05, 4.69) is 6.58 Å². The Bertz CT molecular complexity index is 448. The fourth-order valence-corrected chi connectivity index (χ4v) is 4.90. The van der Waals surface area contributed by atoms with Gasteiger partial charge in [-0.1, -0.05) is 6.08 Å². The first kappa shape index (κ1) is 12.8. The van der Waals surface area contributed by atoms with Crippen molar-refractivity contribution in [3.05, 3.63) is 12.7 Å². The minimum Gasteiger partial charge on any atom is -0.481 e. The predicted molar refractivity (Wildman–Crippen MR) is 72.3 cm³/mol. The van der Waals surface area contributed by atoms with Crippen LogP contribution in [0.2, 0.25) is 0 Å². The Morgan fingerprint density at radius 2 is 2.10 bits per heavy atom. The summed E-state index contributed by atoms with van der Waals surface area (Å²) in [7, 11) is 0. The summed E-state index contributed by atoms with van der Waals surface area (Å²) < 4.78 is 11.4. The van der Waals surface area contributed by atoms with Gasteiger partial charge in [0.1, 0.15) is 0 Å². The summed E-state index contributed by atoms with van der Waals surface area (Å²) in [6.07, 6.45) is 8.49. The molecule has 4 heteroatoms.